The van der Waals surface area contributed by atoms with Crippen molar-refractivity contribution in [1.82, 2.24) is 15.4 Å². The van der Waals surface area contributed by atoms with Gasteiger partial charge in [-0.05, 0) is 36.4 Å². The van der Waals surface area contributed by atoms with Crippen LogP contribution in [0.2, 0.25) is 5.02 Å². The van der Waals surface area contributed by atoms with Crippen molar-refractivity contribution in [2.24, 2.45) is 0 Å². The molecule has 2 aromatic carbocycles. The molecule has 0 saturated heterocycles. The first kappa shape index (κ1) is 14.1. The number of hydrogen-bond donors (Lipinski definition) is 3. The number of amides is 1. The van der Waals surface area contributed by atoms with Crippen LogP contribution in [-0.4, -0.2) is 21.3 Å². The van der Waals surface area contributed by atoms with Gasteiger partial charge in [-0.2, -0.15) is 5.21 Å². The second-order valence-corrected chi connectivity index (χ2v) is 4.91. The average Bonchev–Trinajstić information content (AvgIpc) is 2.99. The molecule has 0 saturated carbocycles. The molecule has 0 aliphatic carbocycles. The van der Waals surface area contributed by atoms with E-state index in [1.807, 2.05) is 30.3 Å². The number of halogens is 1. The minimum atomic E-state index is -0.366. The third kappa shape index (κ3) is 3.24. The van der Waals surface area contributed by atoms with Gasteiger partial charge in [0.2, 0.25) is 0 Å². The van der Waals surface area contributed by atoms with Crippen LogP contribution < -0.4 is 10.6 Å². The molecule has 0 spiro atoms. The topological polar surface area (TPSA) is 82.7 Å². The first-order valence-electron chi connectivity index (χ1n) is 6.52. The fraction of sp³-hybridized carbons (Fsp3) is 0. The van der Waals surface area contributed by atoms with Gasteiger partial charge in [-0.3, -0.25) is 4.79 Å². The van der Waals surface area contributed by atoms with Crippen LogP contribution in [0.15, 0.2) is 54.6 Å². The number of aromatic nitrogens is 3. The highest BCUT2D eigenvalue weighted by Crippen LogP contribution is 2.18. The Morgan fingerprint density at radius 3 is 2.41 bits per heavy atom. The molecule has 0 aliphatic rings. The number of carbonyl (C=O) groups is 1. The lowest BCUT2D eigenvalue weighted by Gasteiger charge is -2.06. The van der Waals surface area contributed by atoms with Gasteiger partial charge in [-0.25, -0.2) is 0 Å². The summed E-state index contributed by atoms with van der Waals surface area (Å²) in [6.45, 7) is 0. The van der Waals surface area contributed by atoms with E-state index >= 15 is 0 Å². The molecule has 0 aliphatic heterocycles. The summed E-state index contributed by atoms with van der Waals surface area (Å²) in [5.41, 5.74) is 1.62. The molecule has 0 fully saturated rings. The number of anilines is 3. The predicted molar refractivity (Wildman–Crippen MR) is 85.5 cm³/mol. The summed E-state index contributed by atoms with van der Waals surface area (Å²) in [6, 6.07) is 16.2. The molecular formula is C15H12ClN5O. The van der Waals surface area contributed by atoms with Crippen molar-refractivity contribution in [3.8, 4) is 0 Å². The van der Waals surface area contributed by atoms with Gasteiger partial charge < -0.3 is 10.6 Å². The van der Waals surface area contributed by atoms with Crippen LogP contribution in [0, 0.1) is 0 Å². The Bertz CT molecular complexity index is 770. The zero-order valence-corrected chi connectivity index (χ0v) is 12.1. The van der Waals surface area contributed by atoms with Gasteiger partial charge in [0.25, 0.3) is 5.91 Å². The number of benzene rings is 2. The highest BCUT2D eigenvalue weighted by atomic mass is 35.5. The molecule has 3 N–H and O–H groups in total. The first-order valence-corrected chi connectivity index (χ1v) is 6.90. The lowest BCUT2D eigenvalue weighted by molar-refractivity contribution is 0.102. The summed E-state index contributed by atoms with van der Waals surface area (Å²) < 4.78 is 0. The molecule has 6 nitrogen and oxygen atoms in total. The normalized spacial score (nSPS) is 10.2. The van der Waals surface area contributed by atoms with E-state index in [0.717, 1.165) is 5.69 Å². The van der Waals surface area contributed by atoms with Crippen molar-refractivity contribution in [3.05, 3.63) is 65.3 Å². The standard InChI is InChI=1S/C15H12ClN5O/c16-10-6-8-12(9-7-10)18-15(22)13-14(20-21-19-13)17-11-4-2-1-3-5-11/h1-9H,(H,18,22)(H2,17,19,20,21). The monoisotopic (exact) mass is 313 g/mol. The Kier molecular flexibility index (Phi) is 4.02. The minimum absolute atomic E-state index is 0.179. The van der Waals surface area contributed by atoms with Crippen LogP contribution in [0.25, 0.3) is 0 Å². The molecule has 1 aromatic heterocycles. The number of hydrogen-bond acceptors (Lipinski definition) is 4. The van der Waals surface area contributed by atoms with E-state index < -0.39 is 0 Å². The van der Waals surface area contributed by atoms with Crippen molar-refractivity contribution < 1.29 is 4.79 Å². The maximum atomic E-state index is 12.3. The maximum absolute atomic E-state index is 12.3. The summed E-state index contributed by atoms with van der Waals surface area (Å²) in [5.74, 6) is -0.00725. The van der Waals surface area contributed by atoms with E-state index in [9.17, 15) is 4.79 Å². The zero-order chi connectivity index (χ0) is 15.4. The lowest BCUT2D eigenvalue weighted by Crippen LogP contribution is -2.14. The molecule has 1 amide bonds. The molecule has 0 bridgehead atoms. The van der Waals surface area contributed by atoms with E-state index in [1.54, 1.807) is 24.3 Å². The summed E-state index contributed by atoms with van der Waals surface area (Å²) in [5, 5.41) is 16.7. The largest absolute Gasteiger partial charge is 0.337 e. The molecule has 7 heteroatoms. The number of para-hydroxylation sites is 1. The van der Waals surface area contributed by atoms with Gasteiger partial charge >= 0.3 is 0 Å². The van der Waals surface area contributed by atoms with Crippen molar-refractivity contribution in [2.75, 3.05) is 10.6 Å². The summed E-state index contributed by atoms with van der Waals surface area (Å²) >= 11 is 5.81. The third-order valence-electron chi connectivity index (χ3n) is 2.90. The fourth-order valence-corrected chi connectivity index (χ4v) is 1.98. The Morgan fingerprint density at radius 2 is 1.68 bits per heavy atom. The van der Waals surface area contributed by atoms with Crippen molar-refractivity contribution >= 4 is 34.7 Å². The number of nitrogens with one attached hydrogen (secondary N) is 3. The Balaban J connectivity index is 1.76. The van der Waals surface area contributed by atoms with Gasteiger partial charge in [-0.15, -0.1) is 10.2 Å². The Morgan fingerprint density at radius 1 is 0.955 bits per heavy atom. The number of rotatable bonds is 4. The average molecular weight is 314 g/mol. The van der Waals surface area contributed by atoms with E-state index in [-0.39, 0.29) is 11.6 Å². The predicted octanol–water partition coefficient (Wildman–Crippen LogP) is 3.45. The molecule has 0 radical (unpaired) electrons. The summed E-state index contributed by atoms with van der Waals surface area (Å²) in [6.07, 6.45) is 0. The highest BCUT2D eigenvalue weighted by molar-refractivity contribution is 6.30. The molecule has 0 unspecified atom stereocenters. The van der Waals surface area contributed by atoms with E-state index in [0.29, 0.717) is 16.5 Å². The molecule has 1 heterocycles. The van der Waals surface area contributed by atoms with Crippen molar-refractivity contribution in [3.63, 3.8) is 0 Å². The van der Waals surface area contributed by atoms with Gasteiger partial charge in [0, 0.05) is 16.4 Å². The number of carbonyl (C=O) groups excluding carboxylic acids is 1. The molecular weight excluding hydrogens is 302 g/mol. The number of aromatic amines is 1. The zero-order valence-electron chi connectivity index (χ0n) is 11.4. The lowest BCUT2D eigenvalue weighted by atomic mass is 10.3. The Labute approximate surface area is 131 Å². The second kappa shape index (κ2) is 6.28. The van der Waals surface area contributed by atoms with Gasteiger partial charge in [-0.1, -0.05) is 29.8 Å². The van der Waals surface area contributed by atoms with Crippen LogP contribution in [0.5, 0.6) is 0 Å². The second-order valence-electron chi connectivity index (χ2n) is 4.47. The third-order valence-corrected chi connectivity index (χ3v) is 3.15. The van der Waals surface area contributed by atoms with Gasteiger partial charge in [0.05, 0.1) is 0 Å². The minimum Gasteiger partial charge on any atom is -0.337 e. The molecule has 0 atom stereocenters. The molecule has 3 aromatic rings. The summed E-state index contributed by atoms with van der Waals surface area (Å²) in [4.78, 5) is 12.3. The van der Waals surface area contributed by atoms with Crippen LogP contribution in [0.1, 0.15) is 10.5 Å². The number of H-pyrrole nitrogens is 1. The first-order chi connectivity index (χ1) is 10.7. The van der Waals surface area contributed by atoms with Crippen LogP contribution in [0.4, 0.5) is 17.2 Å². The fourth-order valence-electron chi connectivity index (χ4n) is 1.86. The van der Waals surface area contributed by atoms with E-state index in [4.69, 9.17) is 11.6 Å². The van der Waals surface area contributed by atoms with Gasteiger partial charge in [0.15, 0.2) is 11.5 Å². The molecule has 110 valence electrons. The highest BCUT2D eigenvalue weighted by Gasteiger charge is 2.16. The smallest absolute Gasteiger partial charge is 0.280 e. The number of nitrogens with zero attached hydrogens (tertiary/aromatic N) is 2. The quantitative estimate of drug-likeness (QED) is 0.689. The van der Waals surface area contributed by atoms with E-state index in [1.165, 1.54) is 0 Å². The SMILES string of the molecule is O=C(Nc1ccc(Cl)cc1)c1n[nH]nc1Nc1ccccc1. The van der Waals surface area contributed by atoms with Crippen LogP contribution >= 0.6 is 11.6 Å². The van der Waals surface area contributed by atoms with Crippen molar-refractivity contribution in [1.29, 1.82) is 0 Å². The Hall–Kier alpha value is -2.86. The van der Waals surface area contributed by atoms with Gasteiger partial charge in [0.1, 0.15) is 0 Å². The maximum Gasteiger partial charge on any atom is 0.280 e. The molecule has 22 heavy (non-hydrogen) atoms. The van der Waals surface area contributed by atoms with Crippen molar-refractivity contribution in [2.45, 2.75) is 0 Å². The van der Waals surface area contributed by atoms with Crippen LogP contribution in [-0.2, 0) is 0 Å². The summed E-state index contributed by atoms with van der Waals surface area (Å²) in [7, 11) is 0. The van der Waals surface area contributed by atoms with E-state index in [2.05, 4.69) is 26.0 Å². The van der Waals surface area contributed by atoms with Crippen LogP contribution in [0.3, 0.4) is 0 Å². The molecule has 3 rings (SSSR count).